The predicted octanol–water partition coefficient (Wildman–Crippen LogP) is 9.93. The maximum atomic E-state index is 3.15. The SMILES string of the molecule is CCc1ccc2c(c1)c1ccccc1n2Cc1ccc2c(c1)-c1ccccc1C2.[Y].[c-]1ccccc1-c1[c-]cccc1. The number of aryl methyl sites for hydroxylation is 1. The summed E-state index contributed by atoms with van der Waals surface area (Å²) in [5.74, 6) is 0. The van der Waals surface area contributed by atoms with E-state index in [1.54, 1.807) is 0 Å². The average Bonchev–Trinajstić information content (AvgIpc) is 3.57. The number of para-hydroxylation sites is 1. The summed E-state index contributed by atoms with van der Waals surface area (Å²) >= 11 is 0. The molecule has 1 aromatic heterocycles. The van der Waals surface area contributed by atoms with Crippen LogP contribution in [0.5, 0.6) is 0 Å². The van der Waals surface area contributed by atoms with E-state index in [1.165, 1.54) is 55.2 Å². The van der Waals surface area contributed by atoms with Crippen molar-refractivity contribution in [1.82, 2.24) is 4.57 Å². The minimum absolute atomic E-state index is 0. The van der Waals surface area contributed by atoms with E-state index in [2.05, 4.69) is 109 Å². The van der Waals surface area contributed by atoms with Crippen LogP contribution >= 0.6 is 0 Å². The standard InChI is InChI=1S/C28H23N.C12H8.Y/c1-2-19-12-14-28-26(15-19)24-9-5-6-10-27(24)29(28)18-20-11-13-22-17-21-7-3-4-8-23(21)25(22)16-20;1-3-7-11(8-4-1)12-9-5-2-6-10-12;/h3-16H,2,17-18H2,1H3;1-7,9H;/q;-2;. The first-order chi connectivity index (χ1) is 20.3. The fourth-order valence-corrected chi connectivity index (χ4v) is 6.06. The van der Waals surface area contributed by atoms with Crippen molar-refractivity contribution in [3.8, 4) is 22.3 Å². The Morgan fingerprint density at radius 2 is 1.21 bits per heavy atom. The molecule has 0 saturated heterocycles. The maximum Gasteiger partial charge on any atom is 0.0494 e. The van der Waals surface area contributed by atoms with E-state index in [0.717, 1.165) is 30.5 Å². The molecule has 0 N–H and O–H groups in total. The van der Waals surface area contributed by atoms with Crippen molar-refractivity contribution in [2.24, 2.45) is 0 Å². The maximum absolute atomic E-state index is 3.15. The van der Waals surface area contributed by atoms with E-state index in [9.17, 15) is 0 Å². The van der Waals surface area contributed by atoms with Crippen LogP contribution in [-0.2, 0) is 52.1 Å². The molecule has 1 radical (unpaired) electrons. The van der Waals surface area contributed by atoms with Crippen molar-refractivity contribution < 1.29 is 32.7 Å². The van der Waals surface area contributed by atoms with Crippen molar-refractivity contribution in [2.45, 2.75) is 26.3 Å². The zero-order valence-corrected chi connectivity index (χ0v) is 26.7. The molecule has 1 heterocycles. The van der Waals surface area contributed by atoms with Gasteiger partial charge in [0.05, 0.1) is 0 Å². The molecular weight excluding hydrogens is 583 g/mol. The molecule has 1 nitrogen and oxygen atoms in total. The molecule has 0 saturated carbocycles. The van der Waals surface area contributed by atoms with Gasteiger partial charge in [-0.2, -0.15) is 48.5 Å². The van der Waals surface area contributed by atoms with Gasteiger partial charge in [0, 0.05) is 61.1 Å². The van der Waals surface area contributed by atoms with E-state index in [0.29, 0.717) is 0 Å². The first-order valence-corrected chi connectivity index (χ1v) is 14.4. The van der Waals surface area contributed by atoms with Crippen LogP contribution in [0.2, 0.25) is 0 Å². The average molecular weight is 615 g/mol. The van der Waals surface area contributed by atoms with Crippen LogP contribution in [0, 0.1) is 12.1 Å². The Morgan fingerprint density at radius 1 is 0.571 bits per heavy atom. The fourth-order valence-electron chi connectivity index (χ4n) is 6.06. The summed E-state index contributed by atoms with van der Waals surface area (Å²) in [4.78, 5) is 0. The van der Waals surface area contributed by atoms with E-state index in [1.807, 2.05) is 48.5 Å². The molecule has 0 fully saturated rings. The third-order valence-electron chi connectivity index (χ3n) is 8.16. The Bertz CT molecular complexity index is 1930. The van der Waals surface area contributed by atoms with Crippen LogP contribution in [0.25, 0.3) is 44.1 Å². The molecule has 1 aliphatic rings. The summed E-state index contributed by atoms with van der Waals surface area (Å²) in [6.45, 7) is 3.12. The third-order valence-corrected chi connectivity index (χ3v) is 8.16. The summed E-state index contributed by atoms with van der Waals surface area (Å²) in [6.07, 6.45) is 2.13. The van der Waals surface area contributed by atoms with E-state index >= 15 is 0 Å². The summed E-state index contributed by atoms with van der Waals surface area (Å²) in [5, 5.41) is 2.72. The summed E-state index contributed by atoms with van der Waals surface area (Å²) in [6, 6.07) is 53.8. The topological polar surface area (TPSA) is 4.93 Å². The number of rotatable bonds is 4. The zero-order valence-electron chi connectivity index (χ0n) is 23.8. The second-order valence-corrected chi connectivity index (χ2v) is 10.7. The minimum atomic E-state index is 0. The summed E-state index contributed by atoms with van der Waals surface area (Å²) < 4.78 is 2.48. The largest absolute Gasteiger partial charge is 0.336 e. The summed E-state index contributed by atoms with van der Waals surface area (Å²) in [7, 11) is 0. The quantitative estimate of drug-likeness (QED) is 0.174. The van der Waals surface area contributed by atoms with Crippen molar-refractivity contribution in [3.63, 3.8) is 0 Å². The molecule has 0 spiro atoms. The van der Waals surface area contributed by atoms with E-state index in [4.69, 9.17) is 0 Å². The van der Waals surface area contributed by atoms with Gasteiger partial charge in [-0.05, 0) is 70.5 Å². The van der Waals surface area contributed by atoms with Crippen LogP contribution in [0.4, 0.5) is 0 Å². The van der Waals surface area contributed by atoms with Crippen LogP contribution in [0.15, 0.2) is 133 Å². The van der Waals surface area contributed by atoms with Gasteiger partial charge >= 0.3 is 0 Å². The van der Waals surface area contributed by atoms with Crippen LogP contribution < -0.4 is 0 Å². The number of benzene rings is 6. The zero-order chi connectivity index (χ0) is 27.6. The normalized spacial score (nSPS) is 11.4. The van der Waals surface area contributed by atoms with Crippen molar-refractivity contribution in [1.29, 1.82) is 0 Å². The second-order valence-electron chi connectivity index (χ2n) is 10.7. The molecule has 6 aromatic carbocycles. The van der Waals surface area contributed by atoms with Gasteiger partial charge in [-0.3, -0.25) is 0 Å². The van der Waals surface area contributed by atoms with Crippen LogP contribution in [0.1, 0.15) is 29.2 Å². The van der Waals surface area contributed by atoms with Gasteiger partial charge < -0.3 is 4.57 Å². The molecule has 201 valence electrons. The van der Waals surface area contributed by atoms with E-state index in [-0.39, 0.29) is 32.7 Å². The van der Waals surface area contributed by atoms with Gasteiger partial charge in [-0.25, -0.2) is 11.1 Å². The third kappa shape index (κ3) is 5.52. The molecule has 8 rings (SSSR count). The number of nitrogens with zero attached hydrogens (tertiary/aromatic N) is 1. The summed E-state index contributed by atoms with van der Waals surface area (Å²) in [5.41, 5.74) is 13.3. The van der Waals surface area contributed by atoms with Crippen molar-refractivity contribution >= 4 is 21.8 Å². The second kappa shape index (κ2) is 12.6. The Kier molecular flexibility index (Phi) is 8.51. The molecule has 0 bridgehead atoms. The van der Waals surface area contributed by atoms with Gasteiger partial charge in [0.1, 0.15) is 0 Å². The first-order valence-electron chi connectivity index (χ1n) is 14.4. The van der Waals surface area contributed by atoms with Gasteiger partial charge in [0.2, 0.25) is 0 Å². The molecule has 0 amide bonds. The Balaban J connectivity index is 0.000000205. The first kappa shape index (κ1) is 28.3. The van der Waals surface area contributed by atoms with Gasteiger partial charge in [0.15, 0.2) is 0 Å². The van der Waals surface area contributed by atoms with E-state index < -0.39 is 0 Å². The van der Waals surface area contributed by atoms with Crippen LogP contribution in [0.3, 0.4) is 0 Å². The van der Waals surface area contributed by atoms with Gasteiger partial charge in [-0.1, -0.05) is 67.6 Å². The number of hydrogen-bond acceptors (Lipinski definition) is 0. The predicted molar refractivity (Wildman–Crippen MR) is 172 cm³/mol. The smallest absolute Gasteiger partial charge is 0.0494 e. The fraction of sp³-hybridized carbons (Fsp3) is 0.100. The molecule has 1 aliphatic carbocycles. The van der Waals surface area contributed by atoms with Gasteiger partial charge in [0.25, 0.3) is 0 Å². The molecule has 42 heavy (non-hydrogen) atoms. The minimum Gasteiger partial charge on any atom is -0.336 e. The number of hydrogen-bond donors (Lipinski definition) is 0. The Hall–Kier alpha value is -3.78. The monoisotopic (exact) mass is 614 g/mol. The van der Waals surface area contributed by atoms with Crippen LogP contribution in [-0.4, -0.2) is 4.57 Å². The molecule has 7 aromatic rings. The number of aromatic nitrogens is 1. The van der Waals surface area contributed by atoms with Gasteiger partial charge in [-0.15, -0.1) is 12.1 Å². The van der Waals surface area contributed by atoms with Crippen molar-refractivity contribution in [2.75, 3.05) is 0 Å². The molecule has 0 aliphatic heterocycles. The molecule has 0 unspecified atom stereocenters. The molecule has 0 atom stereocenters. The molecular formula is C40H31NY-2. The molecule has 2 heteroatoms. The Morgan fingerprint density at radius 3 is 1.95 bits per heavy atom. The van der Waals surface area contributed by atoms with Crippen molar-refractivity contribution in [3.05, 3.63) is 168 Å². The Labute approximate surface area is 273 Å². The number of fused-ring (bicyclic) bond motifs is 6.